The molecule has 0 radical (unpaired) electrons. The molecule has 27 heavy (non-hydrogen) atoms. The molecule has 1 heterocycles. The fourth-order valence-corrected chi connectivity index (χ4v) is 2.38. The second-order valence-electron chi connectivity index (χ2n) is 6.02. The van der Waals surface area contributed by atoms with Crippen molar-refractivity contribution in [1.82, 2.24) is 5.16 Å². The number of carbonyl (C=O) groups is 2. The van der Waals surface area contributed by atoms with Gasteiger partial charge in [0.15, 0.2) is 23.4 Å². The average molecular weight is 397 g/mol. The summed E-state index contributed by atoms with van der Waals surface area (Å²) < 4.78 is 20.9. The van der Waals surface area contributed by atoms with Crippen molar-refractivity contribution in [2.24, 2.45) is 0 Å². The Morgan fingerprint density at radius 1 is 1.22 bits per heavy atom. The van der Waals surface area contributed by atoms with E-state index in [0.717, 1.165) is 0 Å². The molecule has 0 fully saturated rings. The molecule has 1 amide bonds. The molecule has 0 aliphatic heterocycles. The number of aryl methyl sites for hydroxylation is 1. The molecule has 8 nitrogen and oxygen atoms in total. The first kappa shape index (κ1) is 20.6. The van der Waals surface area contributed by atoms with Crippen molar-refractivity contribution in [2.45, 2.75) is 39.9 Å². The zero-order valence-corrected chi connectivity index (χ0v) is 16.4. The van der Waals surface area contributed by atoms with Crippen molar-refractivity contribution in [1.29, 1.82) is 0 Å². The Morgan fingerprint density at radius 2 is 1.93 bits per heavy atom. The summed E-state index contributed by atoms with van der Waals surface area (Å²) in [4.78, 5) is 24.5. The van der Waals surface area contributed by atoms with Crippen LogP contribution in [0.5, 0.6) is 11.5 Å². The van der Waals surface area contributed by atoms with Crippen molar-refractivity contribution in [3.05, 3.63) is 34.5 Å². The number of halogens is 1. The number of hydrogen-bond acceptors (Lipinski definition) is 7. The van der Waals surface area contributed by atoms with Crippen LogP contribution in [-0.2, 0) is 9.53 Å². The molecule has 0 bridgehead atoms. The highest BCUT2D eigenvalue weighted by Gasteiger charge is 2.23. The SMILES string of the molecule is COc1cc(C(=O)O[C@H](C)C(=O)Nc2cc(C)on2)cc(Cl)c1OC(C)C. The molecular formula is C18H21ClN2O6. The Labute approximate surface area is 161 Å². The molecule has 0 aliphatic rings. The van der Waals surface area contributed by atoms with E-state index in [2.05, 4.69) is 10.5 Å². The minimum absolute atomic E-state index is 0.127. The highest BCUT2D eigenvalue weighted by molar-refractivity contribution is 6.32. The third kappa shape index (κ3) is 5.37. The number of methoxy groups -OCH3 is 1. The zero-order chi connectivity index (χ0) is 20.1. The Balaban J connectivity index is 2.10. The molecule has 146 valence electrons. The van der Waals surface area contributed by atoms with Crippen LogP contribution in [0.15, 0.2) is 22.7 Å². The first-order valence-electron chi connectivity index (χ1n) is 8.20. The number of anilines is 1. The van der Waals surface area contributed by atoms with Crippen LogP contribution in [0.2, 0.25) is 5.02 Å². The van der Waals surface area contributed by atoms with Crippen LogP contribution in [0, 0.1) is 6.92 Å². The summed E-state index contributed by atoms with van der Waals surface area (Å²) in [5.74, 6) is 0.122. The van der Waals surface area contributed by atoms with Crippen LogP contribution in [0.4, 0.5) is 5.82 Å². The van der Waals surface area contributed by atoms with Gasteiger partial charge in [-0.1, -0.05) is 16.8 Å². The number of aromatic nitrogens is 1. The van der Waals surface area contributed by atoms with Crippen LogP contribution in [0.3, 0.4) is 0 Å². The molecule has 0 aliphatic carbocycles. The number of ether oxygens (including phenoxy) is 3. The molecule has 1 aromatic heterocycles. The minimum Gasteiger partial charge on any atom is -0.493 e. The van der Waals surface area contributed by atoms with Crippen LogP contribution >= 0.6 is 11.6 Å². The smallest absolute Gasteiger partial charge is 0.339 e. The number of nitrogens with one attached hydrogen (secondary N) is 1. The van der Waals surface area contributed by atoms with Crippen molar-refractivity contribution >= 4 is 29.3 Å². The van der Waals surface area contributed by atoms with Crippen molar-refractivity contribution < 1.29 is 28.3 Å². The monoisotopic (exact) mass is 396 g/mol. The van der Waals surface area contributed by atoms with Gasteiger partial charge >= 0.3 is 5.97 Å². The highest BCUT2D eigenvalue weighted by atomic mass is 35.5. The van der Waals surface area contributed by atoms with Gasteiger partial charge in [-0.15, -0.1) is 0 Å². The Bertz CT molecular complexity index is 833. The second kappa shape index (κ2) is 8.77. The number of rotatable bonds is 7. The number of amides is 1. The largest absolute Gasteiger partial charge is 0.493 e. The van der Waals surface area contributed by atoms with Gasteiger partial charge in [0.05, 0.1) is 23.8 Å². The lowest BCUT2D eigenvalue weighted by Gasteiger charge is -2.17. The number of carbonyl (C=O) groups excluding carboxylic acids is 2. The van der Waals surface area contributed by atoms with E-state index in [1.165, 1.54) is 26.2 Å². The standard InChI is InChI=1S/C18H21ClN2O6/c1-9(2)25-16-13(19)7-12(8-14(16)24-5)18(23)26-11(4)17(22)20-15-6-10(3)27-21-15/h6-9,11H,1-5H3,(H,20,21,22)/t11-/m1/s1. The van der Waals surface area contributed by atoms with Gasteiger partial charge < -0.3 is 24.1 Å². The van der Waals surface area contributed by atoms with Gasteiger partial charge in [-0.3, -0.25) is 4.79 Å². The van der Waals surface area contributed by atoms with Crippen molar-refractivity contribution in [3.63, 3.8) is 0 Å². The first-order valence-corrected chi connectivity index (χ1v) is 8.58. The Morgan fingerprint density at radius 3 is 2.48 bits per heavy atom. The summed E-state index contributed by atoms with van der Waals surface area (Å²) in [5, 5.41) is 6.34. The summed E-state index contributed by atoms with van der Waals surface area (Å²) in [5.41, 5.74) is 0.130. The van der Waals surface area contributed by atoms with Crippen molar-refractivity contribution in [3.8, 4) is 11.5 Å². The predicted octanol–water partition coefficient (Wildman–Crippen LogP) is 3.62. The summed E-state index contributed by atoms with van der Waals surface area (Å²) in [6.45, 7) is 6.81. The molecule has 1 atom stereocenters. The molecule has 2 aromatic rings. The maximum atomic E-state index is 12.4. The number of benzene rings is 1. The van der Waals surface area contributed by atoms with Gasteiger partial charge in [0.1, 0.15) is 5.76 Å². The van der Waals surface area contributed by atoms with E-state index in [0.29, 0.717) is 17.3 Å². The van der Waals surface area contributed by atoms with Gasteiger partial charge in [0.25, 0.3) is 5.91 Å². The minimum atomic E-state index is -1.06. The van der Waals surface area contributed by atoms with Gasteiger partial charge in [-0.25, -0.2) is 4.79 Å². The fraction of sp³-hybridized carbons (Fsp3) is 0.389. The van der Waals surface area contributed by atoms with Gasteiger partial charge in [-0.05, 0) is 39.8 Å². The molecule has 9 heteroatoms. The molecule has 0 unspecified atom stereocenters. The average Bonchev–Trinajstić information content (AvgIpc) is 3.00. The molecule has 2 rings (SSSR count). The Hall–Kier alpha value is -2.74. The van der Waals surface area contributed by atoms with E-state index >= 15 is 0 Å². The van der Waals surface area contributed by atoms with E-state index in [-0.39, 0.29) is 22.5 Å². The van der Waals surface area contributed by atoms with Gasteiger partial charge in [0.2, 0.25) is 0 Å². The summed E-state index contributed by atoms with van der Waals surface area (Å²) in [7, 11) is 1.43. The predicted molar refractivity (Wildman–Crippen MR) is 98.5 cm³/mol. The first-order chi connectivity index (χ1) is 12.7. The van der Waals surface area contributed by atoms with E-state index in [1.54, 1.807) is 13.0 Å². The third-order valence-electron chi connectivity index (χ3n) is 3.35. The lowest BCUT2D eigenvalue weighted by molar-refractivity contribution is -0.123. The molecule has 0 spiro atoms. The molecular weight excluding hydrogens is 376 g/mol. The summed E-state index contributed by atoms with van der Waals surface area (Å²) in [6.07, 6.45) is -1.19. The highest BCUT2D eigenvalue weighted by Crippen LogP contribution is 2.37. The quantitative estimate of drug-likeness (QED) is 0.713. The van der Waals surface area contributed by atoms with E-state index < -0.39 is 18.0 Å². The van der Waals surface area contributed by atoms with Crippen molar-refractivity contribution in [2.75, 3.05) is 12.4 Å². The molecule has 0 saturated heterocycles. The van der Waals surface area contributed by atoms with E-state index in [1.807, 2.05) is 13.8 Å². The van der Waals surface area contributed by atoms with E-state index in [4.69, 9.17) is 30.3 Å². The third-order valence-corrected chi connectivity index (χ3v) is 3.63. The topological polar surface area (TPSA) is 99.9 Å². The number of nitrogens with zero attached hydrogens (tertiary/aromatic N) is 1. The van der Waals surface area contributed by atoms with E-state index in [9.17, 15) is 9.59 Å². The van der Waals surface area contributed by atoms with Gasteiger partial charge in [0, 0.05) is 6.07 Å². The lowest BCUT2D eigenvalue weighted by atomic mass is 10.2. The van der Waals surface area contributed by atoms with Crippen LogP contribution in [0.1, 0.15) is 36.9 Å². The number of esters is 1. The van der Waals surface area contributed by atoms with Crippen LogP contribution < -0.4 is 14.8 Å². The van der Waals surface area contributed by atoms with Crippen LogP contribution in [0.25, 0.3) is 0 Å². The molecule has 0 saturated carbocycles. The summed E-state index contributed by atoms with van der Waals surface area (Å²) in [6, 6.07) is 4.39. The lowest BCUT2D eigenvalue weighted by Crippen LogP contribution is -2.30. The second-order valence-corrected chi connectivity index (χ2v) is 6.42. The van der Waals surface area contributed by atoms with Gasteiger partial charge in [-0.2, -0.15) is 0 Å². The molecule has 1 aromatic carbocycles. The zero-order valence-electron chi connectivity index (χ0n) is 15.7. The summed E-state index contributed by atoms with van der Waals surface area (Å²) >= 11 is 6.20. The maximum absolute atomic E-state index is 12.4. The normalized spacial score (nSPS) is 11.8. The van der Waals surface area contributed by atoms with Crippen LogP contribution in [-0.4, -0.2) is 36.4 Å². The number of hydrogen-bond donors (Lipinski definition) is 1. The maximum Gasteiger partial charge on any atom is 0.339 e. The Kier molecular flexibility index (Phi) is 6.68. The fourth-order valence-electron chi connectivity index (χ4n) is 2.12. The molecule has 1 N–H and O–H groups in total.